The maximum Gasteiger partial charge on any atom is 0.214 e. The van der Waals surface area contributed by atoms with Gasteiger partial charge in [-0.15, -0.1) is 10.2 Å². The molecule has 1 aliphatic heterocycles. The van der Waals surface area contributed by atoms with Gasteiger partial charge >= 0.3 is 0 Å². The number of thioether (sulfide) groups is 1. The monoisotopic (exact) mass is 366 g/mol. The lowest BCUT2D eigenvalue weighted by Crippen LogP contribution is -2.56. The smallest absolute Gasteiger partial charge is 0.214 e. The first-order chi connectivity index (χ1) is 12.7. The molecule has 4 N–H and O–H groups in total. The Morgan fingerprint density at radius 3 is 2.81 bits per heavy atom. The Labute approximate surface area is 156 Å². The second kappa shape index (κ2) is 7.23. The third kappa shape index (κ3) is 3.31. The lowest BCUT2D eigenvalue weighted by atomic mass is 10.1. The number of methoxy groups -OCH3 is 1. The van der Waals surface area contributed by atoms with Gasteiger partial charge in [0.2, 0.25) is 11.0 Å². The van der Waals surface area contributed by atoms with Gasteiger partial charge in [0.15, 0.2) is 6.04 Å². The summed E-state index contributed by atoms with van der Waals surface area (Å²) in [6.45, 7) is 0. The van der Waals surface area contributed by atoms with E-state index in [1.807, 2.05) is 52.5 Å². The van der Waals surface area contributed by atoms with Crippen LogP contribution in [0.1, 0.15) is 23.0 Å². The minimum absolute atomic E-state index is 0.00332. The summed E-state index contributed by atoms with van der Waals surface area (Å²) in [5.74, 6) is 1.65. The number of benzene rings is 2. The van der Waals surface area contributed by atoms with Gasteiger partial charge in [-0.2, -0.15) is 0 Å². The number of ether oxygens (including phenoxy) is 1. The van der Waals surface area contributed by atoms with Crippen LogP contribution in [-0.2, 0) is 6.42 Å². The second-order valence-corrected chi connectivity index (χ2v) is 6.89. The van der Waals surface area contributed by atoms with Crippen molar-refractivity contribution in [2.24, 2.45) is 0 Å². The zero-order chi connectivity index (χ0) is 17.9. The number of hydrogen-bond donors (Lipinski definition) is 2. The quantitative estimate of drug-likeness (QED) is 0.725. The molecule has 132 valence electrons. The average molecular weight is 366 g/mol. The van der Waals surface area contributed by atoms with Crippen LogP contribution >= 0.6 is 11.8 Å². The summed E-state index contributed by atoms with van der Waals surface area (Å²) in [5, 5.41) is 11.5. The maximum atomic E-state index is 5.33. The van der Waals surface area contributed by atoms with Gasteiger partial charge in [0.25, 0.3) is 0 Å². The SMILES string of the molecule is COc1cccc(C2=CSc3nnc([C@@H]([NH3+])Cc4ccccc4)n3N2)c1. The van der Waals surface area contributed by atoms with Gasteiger partial charge in [-0.1, -0.05) is 54.2 Å². The minimum Gasteiger partial charge on any atom is -0.497 e. The van der Waals surface area contributed by atoms with E-state index in [1.165, 1.54) is 5.56 Å². The van der Waals surface area contributed by atoms with Gasteiger partial charge in [0, 0.05) is 17.4 Å². The largest absolute Gasteiger partial charge is 0.497 e. The highest BCUT2D eigenvalue weighted by atomic mass is 32.2. The van der Waals surface area contributed by atoms with Crippen molar-refractivity contribution in [2.75, 3.05) is 12.5 Å². The molecule has 3 aromatic rings. The summed E-state index contributed by atoms with van der Waals surface area (Å²) in [5.41, 5.74) is 11.0. The molecule has 1 atom stereocenters. The van der Waals surface area contributed by atoms with Crippen molar-refractivity contribution in [3.05, 3.63) is 77.0 Å². The molecule has 0 unspecified atom stereocenters. The van der Waals surface area contributed by atoms with Crippen LogP contribution in [0, 0.1) is 0 Å². The third-order valence-electron chi connectivity index (χ3n) is 4.24. The number of quaternary nitrogens is 1. The van der Waals surface area contributed by atoms with Crippen molar-refractivity contribution < 1.29 is 10.5 Å². The molecule has 1 aliphatic rings. The third-order valence-corrected chi connectivity index (χ3v) is 5.07. The summed E-state index contributed by atoms with van der Waals surface area (Å²) in [6, 6.07) is 18.3. The van der Waals surface area contributed by atoms with Crippen molar-refractivity contribution in [3.8, 4) is 5.75 Å². The van der Waals surface area contributed by atoms with E-state index in [2.05, 4.69) is 33.5 Å². The van der Waals surface area contributed by atoms with Crippen molar-refractivity contribution in [1.29, 1.82) is 0 Å². The minimum atomic E-state index is -0.00332. The molecule has 2 heterocycles. The number of rotatable bonds is 5. The van der Waals surface area contributed by atoms with Crippen LogP contribution in [0.3, 0.4) is 0 Å². The van der Waals surface area contributed by atoms with Gasteiger partial charge in [0.05, 0.1) is 12.8 Å². The highest BCUT2D eigenvalue weighted by molar-refractivity contribution is 8.02. The van der Waals surface area contributed by atoms with Gasteiger partial charge in [0.1, 0.15) is 5.75 Å². The lowest BCUT2D eigenvalue weighted by molar-refractivity contribution is -0.428. The Hall–Kier alpha value is -2.77. The number of nitrogens with zero attached hydrogens (tertiary/aromatic N) is 3. The summed E-state index contributed by atoms with van der Waals surface area (Å²) >= 11 is 1.55. The van der Waals surface area contributed by atoms with Gasteiger partial charge < -0.3 is 10.5 Å². The van der Waals surface area contributed by atoms with Crippen LogP contribution in [0.2, 0.25) is 0 Å². The number of hydrogen-bond acceptors (Lipinski definition) is 5. The van der Waals surface area contributed by atoms with Crippen LogP contribution in [0.4, 0.5) is 0 Å². The van der Waals surface area contributed by atoms with E-state index in [4.69, 9.17) is 4.74 Å². The van der Waals surface area contributed by atoms with Crippen molar-refractivity contribution in [1.82, 2.24) is 14.9 Å². The Balaban J connectivity index is 1.57. The molecule has 26 heavy (non-hydrogen) atoms. The molecule has 0 bridgehead atoms. The Morgan fingerprint density at radius 1 is 1.15 bits per heavy atom. The highest BCUT2D eigenvalue weighted by Gasteiger charge is 2.24. The fraction of sp³-hybridized carbons (Fsp3) is 0.158. The van der Waals surface area contributed by atoms with E-state index in [-0.39, 0.29) is 6.04 Å². The Morgan fingerprint density at radius 2 is 2.00 bits per heavy atom. The zero-order valence-corrected chi connectivity index (χ0v) is 15.2. The van der Waals surface area contributed by atoms with Crippen molar-refractivity contribution in [2.45, 2.75) is 17.6 Å². The van der Waals surface area contributed by atoms with Crippen LogP contribution in [-0.4, -0.2) is 22.0 Å². The van der Waals surface area contributed by atoms with Crippen LogP contribution < -0.4 is 15.9 Å². The second-order valence-electron chi connectivity index (χ2n) is 6.06. The number of fused-ring (bicyclic) bond motifs is 1. The van der Waals surface area contributed by atoms with E-state index >= 15 is 0 Å². The molecular weight excluding hydrogens is 346 g/mol. The summed E-state index contributed by atoms with van der Waals surface area (Å²) in [6.07, 6.45) is 0.809. The van der Waals surface area contributed by atoms with Gasteiger partial charge in [-0.3, -0.25) is 5.43 Å². The summed E-state index contributed by atoms with van der Waals surface area (Å²) < 4.78 is 7.26. The standard InChI is InChI=1S/C19H19N5OS/c1-25-15-9-5-8-14(11-15)17-12-26-19-22-21-18(24(19)23-17)16(20)10-13-6-3-2-4-7-13/h2-9,11-12,16,23H,10,20H2,1H3/p+1/t16-/m0/s1. The fourth-order valence-electron chi connectivity index (χ4n) is 2.90. The molecule has 2 aromatic carbocycles. The van der Waals surface area contributed by atoms with Crippen LogP contribution in [0.15, 0.2) is 65.2 Å². The first-order valence-corrected chi connectivity index (χ1v) is 9.23. The first-order valence-electron chi connectivity index (χ1n) is 8.35. The van der Waals surface area contributed by atoms with Gasteiger partial charge in [-0.05, 0) is 17.7 Å². The van der Waals surface area contributed by atoms with Gasteiger partial charge in [-0.25, -0.2) is 4.68 Å². The molecule has 7 heteroatoms. The molecule has 0 radical (unpaired) electrons. The van der Waals surface area contributed by atoms with E-state index in [0.29, 0.717) is 0 Å². The molecule has 6 nitrogen and oxygen atoms in total. The molecule has 1 aromatic heterocycles. The van der Waals surface area contributed by atoms with E-state index in [9.17, 15) is 0 Å². The maximum absolute atomic E-state index is 5.33. The summed E-state index contributed by atoms with van der Waals surface area (Å²) in [4.78, 5) is 0. The molecule has 0 aliphatic carbocycles. The average Bonchev–Trinajstić information content (AvgIpc) is 3.12. The normalized spacial score (nSPS) is 14.2. The van der Waals surface area contributed by atoms with E-state index in [0.717, 1.165) is 34.4 Å². The van der Waals surface area contributed by atoms with E-state index in [1.54, 1.807) is 18.9 Å². The van der Waals surface area contributed by atoms with E-state index < -0.39 is 0 Å². The molecule has 0 saturated heterocycles. The lowest BCUT2D eigenvalue weighted by Gasteiger charge is -2.20. The first kappa shape index (κ1) is 16.7. The topological polar surface area (TPSA) is 79.6 Å². The molecule has 4 rings (SSSR count). The van der Waals surface area contributed by atoms with Crippen LogP contribution in [0.5, 0.6) is 5.75 Å². The van der Waals surface area contributed by atoms with Crippen molar-refractivity contribution >= 4 is 17.5 Å². The molecule has 0 fully saturated rings. The molecule has 0 amide bonds. The molecular formula is C19H20N5OS+. The predicted octanol–water partition coefficient (Wildman–Crippen LogP) is 2.46. The highest BCUT2D eigenvalue weighted by Crippen LogP contribution is 2.30. The van der Waals surface area contributed by atoms with Crippen molar-refractivity contribution in [3.63, 3.8) is 0 Å². The number of aromatic nitrogens is 3. The van der Waals surface area contributed by atoms with Crippen LogP contribution in [0.25, 0.3) is 5.70 Å². The number of nitrogens with one attached hydrogen (secondary N) is 1. The Kier molecular flexibility index (Phi) is 4.64. The Bertz CT molecular complexity index is 938. The predicted molar refractivity (Wildman–Crippen MR) is 102 cm³/mol. The molecule has 0 spiro atoms. The summed E-state index contributed by atoms with van der Waals surface area (Å²) in [7, 11) is 1.67. The molecule has 0 saturated carbocycles. The fourth-order valence-corrected chi connectivity index (χ4v) is 3.64. The zero-order valence-electron chi connectivity index (χ0n) is 14.4.